The van der Waals surface area contributed by atoms with Crippen LogP contribution < -0.4 is 27.4 Å². The van der Waals surface area contributed by atoms with Gasteiger partial charge >= 0.3 is 0 Å². The predicted octanol–water partition coefficient (Wildman–Crippen LogP) is 3.23. The van der Waals surface area contributed by atoms with Crippen LogP contribution in [0.25, 0.3) is 10.9 Å². The van der Waals surface area contributed by atoms with Crippen molar-refractivity contribution in [1.82, 2.24) is 25.8 Å². The van der Waals surface area contributed by atoms with Crippen molar-refractivity contribution in [2.24, 2.45) is 11.5 Å². The minimum absolute atomic E-state index is 0.0834. The average molecular weight is 683 g/mol. The maximum absolute atomic E-state index is 14.2. The number of aromatic amines is 1. The summed E-state index contributed by atoms with van der Waals surface area (Å²) in [7, 11) is 1.58. The molecular formula is C34H47ClN8O3S. The third kappa shape index (κ3) is 11.5. The molecule has 0 saturated carbocycles. The van der Waals surface area contributed by atoms with Gasteiger partial charge in [0, 0.05) is 54.8 Å². The van der Waals surface area contributed by atoms with E-state index in [0.717, 1.165) is 33.1 Å². The number of carbonyl (C=O) groups excluding carboxylic acids is 3. The zero-order valence-electron chi connectivity index (χ0n) is 26.8. The third-order valence-corrected chi connectivity index (χ3v) is 8.72. The number of amides is 3. The molecule has 3 rings (SSSR count). The molecular weight excluding hydrogens is 636 g/mol. The van der Waals surface area contributed by atoms with E-state index >= 15 is 0 Å². The van der Waals surface area contributed by atoms with E-state index in [4.69, 9.17) is 28.5 Å². The Labute approximate surface area is 287 Å². The van der Waals surface area contributed by atoms with Crippen LogP contribution in [0.5, 0.6) is 0 Å². The van der Waals surface area contributed by atoms with E-state index in [2.05, 4.69) is 33.6 Å². The molecule has 0 aliphatic carbocycles. The van der Waals surface area contributed by atoms with Gasteiger partial charge in [-0.15, -0.1) is 12.6 Å². The molecule has 3 amide bonds. The quantitative estimate of drug-likeness (QED) is 0.0514. The van der Waals surface area contributed by atoms with Crippen molar-refractivity contribution < 1.29 is 14.4 Å². The van der Waals surface area contributed by atoms with Crippen LogP contribution >= 0.6 is 24.2 Å². The number of nitrogens with one attached hydrogen (secondary N) is 5. The lowest BCUT2D eigenvalue weighted by Crippen LogP contribution is -2.57. The zero-order chi connectivity index (χ0) is 34.2. The average Bonchev–Trinajstić information content (AvgIpc) is 3.49. The van der Waals surface area contributed by atoms with Crippen molar-refractivity contribution >= 4 is 59.1 Å². The lowest BCUT2D eigenvalue weighted by atomic mass is 10.0. The molecule has 9 N–H and O–H groups in total. The predicted molar refractivity (Wildman–Crippen MR) is 192 cm³/mol. The van der Waals surface area contributed by atoms with Crippen LogP contribution in [0.2, 0.25) is 0 Å². The lowest BCUT2D eigenvalue weighted by molar-refractivity contribution is -0.142. The number of para-hydroxylation sites is 1. The summed E-state index contributed by atoms with van der Waals surface area (Å²) >= 11 is 10.5. The number of unbranched alkanes of at least 4 members (excludes halogenated alkanes) is 1. The second-order valence-electron chi connectivity index (χ2n) is 11.3. The summed E-state index contributed by atoms with van der Waals surface area (Å²) < 4.78 is 0. The van der Waals surface area contributed by atoms with Gasteiger partial charge in [-0.1, -0.05) is 48.0 Å². The highest BCUT2D eigenvalue weighted by molar-refractivity contribution is 7.80. The number of carbonyl (C=O) groups is 3. The molecule has 0 saturated heterocycles. The number of fused-ring (bicyclic) bond motifs is 1. The first-order valence-electron chi connectivity index (χ1n) is 15.9. The maximum atomic E-state index is 14.2. The molecule has 1 aromatic heterocycles. The molecule has 0 aliphatic rings. The van der Waals surface area contributed by atoms with Gasteiger partial charge in [-0.3, -0.25) is 14.4 Å². The molecule has 13 heteroatoms. The molecule has 254 valence electrons. The van der Waals surface area contributed by atoms with Gasteiger partial charge in [-0.05, 0) is 74.5 Å². The van der Waals surface area contributed by atoms with Crippen LogP contribution in [0.1, 0.15) is 43.2 Å². The van der Waals surface area contributed by atoms with E-state index < -0.39 is 24.0 Å². The Kier molecular flexibility index (Phi) is 16.0. The number of likely N-dealkylation sites (N-methyl/N-ethyl adjacent to an activating group) is 1. The Balaban J connectivity index is 1.85. The molecule has 11 nitrogen and oxygen atoms in total. The highest BCUT2D eigenvalue weighted by Crippen LogP contribution is 2.21. The first-order chi connectivity index (χ1) is 22.7. The van der Waals surface area contributed by atoms with E-state index in [-0.39, 0.29) is 29.8 Å². The van der Waals surface area contributed by atoms with Crippen LogP contribution in [0.15, 0.2) is 70.7 Å². The molecule has 0 radical (unpaired) electrons. The van der Waals surface area contributed by atoms with Crippen LogP contribution in [-0.2, 0) is 27.3 Å². The minimum Gasteiger partial charge on any atom is -0.361 e. The molecule has 2 aromatic carbocycles. The first-order valence-corrected chi connectivity index (χ1v) is 16.7. The number of H-pyrrole nitrogens is 1. The normalized spacial score (nSPS) is 13.5. The van der Waals surface area contributed by atoms with Gasteiger partial charge in [0.15, 0.2) is 0 Å². The SMILES string of the molecule is CN(C(=O)[C@H](CCCCN)NC(=O)[C@H](CCCN)NCc1ccccc1S)[C@@H](Cc1c[nH]c2ccccc12)C(=O)NC/C=C(\Cl)C=N. The van der Waals surface area contributed by atoms with E-state index in [1.165, 1.54) is 11.0 Å². The summed E-state index contributed by atoms with van der Waals surface area (Å²) in [5.41, 5.74) is 14.3. The van der Waals surface area contributed by atoms with Gasteiger partial charge in [0.1, 0.15) is 12.1 Å². The number of halogens is 1. The molecule has 1 heterocycles. The summed E-state index contributed by atoms with van der Waals surface area (Å²) in [4.78, 5) is 47.0. The van der Waals surface area contributed by atoms with Gasteiger partial charge in [0.2, 0.25) is 17.7 Å². The summed E-state index contributed by atoms with van der Waals surface area (Å²) in [6.45, 7) is 1.37. The van der Waals surface area contributed by atoms with Crippen molar-refractivity contribution in [1.29, 1.82) is 5.41 Å². The van der Waals surface area contributed by atoms with E-state index in [0.29, 0.717) is 51.7 Å². The first kappa shape index (κ1) is 37.8. The third-order valence-electron chi connectivity index (χ3n) is 8.02. The molecule has 47 heavy (non-hydrogen) atoms. The largest absolute Gasteiger partial charge is 0.361 e. The molecule has 0 aliphatic heterocycles. The van der Waals surface area contributed by atoms with Crippen molar-refractivity contribution in [2.75, 3.05) is 26.7 Å². The van der Waals surface area contributed by atoms with E-state index in [1.54, 1.807) is 7.05 Å². The fraction of sp³-hybridized carbons (Fsp3) is 0.412. The van der Waals surface area contributed by atoms with E-state index in [1.807, 2.05) is 54.7 Å². The van der Waals surface area contributed by atoms with Gasteiger partial charge < -0.3 is 42.7 Å². The molecule has 0 unspecified atom stereocenters. The molecule has 0 spiro atoms. The lowest BCUT2D eigenvalue weighted by Gasteiger charge is -2.32. The standard InChI is InChI=1S/C34H47ClN8O3S/c1-43(30(33(45)39-18-15-25(35)20-38)19-24-22-40-27-11-4-3-10-26(24)27)34(46)29(12-6-7-16-36)42-32(44)28(13-8-17-37)41-21-23-9-2-5-14-31(23)47/h2-5,9-11,14-15,20,22,28-30,38,40-41,47H,6-8,12-13,16-19,21,36-37H2,1H3,(H,39,45)(H,42,44)/b25-15-,38-20?/t28-,29-,30-/m0/s1. The number of aromatic nitrogens is 1. The minimum atomic E-state index is -0.902. The monoisotopic (exact) mass is 682 g/mol. The Morgan fingerprint density at radius 2 is 1.68 bits per heavy atom. The second-order valence-corrected chi connectivity index (χ2v) is 12.3. The van der Waals surface area contributed by atoms with Gasteiger partial charge in [0.05, 0.1) is 11.1 Å². The Morgan fingerprint density at radius 1 is 0.979 bits per heavy atom. The van der Waals surface area contributed by atoms with Crippen LogP contribution in [0.3, 0.4) is 0 Å². The van der Waals surface area contributed by atoms with Crippen molar-refractivity contribution in [3.63, 3.8) is 0 Å². The number of nitrogens with zero attached hydrogens (tertiary/aromatic N) is 1. The van der Waals surface area contributed by atoms with Gasteiger partial charge in [-0.2, -0.15) is 0 Å². The number of hydrogen-bond acceptors (Lipinski definition) is 8. The summed E-state index contributed by atoms with van der Waals surface area (Å²) in [5.74, 6) is -1.10. The number of rotatable bonds is 20. The summed E-state index contributed by atoms with van der Waals surface area (Å²) in [5, 5.41) is 17.5. The number of nitrogens with two attached hydrogens (primary N) is 2. The van der Waals surface area contributed by atoms with Crippen LogP contribution in [0.4, 0.5) is 0 Å². The number of thiol groups is 1. The molecule has 0 bridgehead atoms. The molecule has 3 atom stereocenters. The molecule has 3 aromatic rings. The van der Waals surface area contributed by atoms with Gasteiger partial charge in [0.25, 0.3) is 0 Å². The number of hydrogen-bond donors (Lipinski definition) is 8. The van der Waals surface area contributed by atoms with E-state index in [9.17, 15) is 14.4 Å². The number of benzene rings is 2. The van der Waals surface area contributed by atoms with Crippen molar-refractivity contribution in [3.05, 3.63) is 77.0 Å². The van der Waals surface area contributed by atoms with Gasteiger partial charge in [-0.25, -0.2) is 0 Å². The Hall–Kier alpha value is -3.68. The summed E-state index contributed by atoms with van der Waals surface area (Å²) in [6, 6.07) is 13.0. The fourth-order valence-electron chi connectivity index (χ4n) is 5.30. The second kappa shape index (κ2) is 19.9. The van der Waals surface area contributed by atoms with Crippen molar-refractivity contribution in [3.8, 4) is 0 Å². The Morgan fingerprint density at radius 3 is 2.40 bits per heavy atom. The van der Waals surface area contributed by atoms with Crippen LogP contribution in [-0.4, -0.2) is 78.6 Å². The fourth-order valence-corrected chi connectivity index (χ4v) is 5.62. The highest BCUT2D eigenvalue weighted by atomic mass is 35.5. The smallest absolute Gasteiger partial charge is 0.245 e. The van der Waals surface area contributed by atoms with Crippen molar-refractivity contribution in [2.45, 2.75) is 68.1 Å². The van der Waals surface area contributed by atoms with Crippen LogP contribution in [0, 0.1) is 5.41 Å². The zero-order valence-corrected chi connectivity index (χ0v) is 28.5. The summed E-state index contributed by atoms with van der Waals surface area (Å²) in [6.07, 6.45) is 7.30. The topological polar surface area (TPSA) is 182 Å². The Bertz CT molecular complexity index is 1510. The maximum Gasteiger partial charge on any atom is 0.245 e. The molecule has 0 fully saturated rings. The number of allylic oxidation sites excluding steroid dienone is 1. The highest BCUT2D eigenvalue weighted by Gasteiger charge is 2.33.